The van der Waals surface area contributed by atoms with Crippen LogP contribution in [0.2, 0.25) is 0 Å². The SMILES string of the molecule is CCNCC1CCC(CN(C)c2cccc(OC)c2)O1. The van der Waals surface area contributed by atoms with Gasteiger partial charge in [-0.05, 0) is 31.5 Å². The van der Waals surface area contributed by atoms with Crippen molar-refractivity contribution in [1.82, 2.24) is 5.32 Å². The Morgan fingerprint density at radius 3 is 2.90 bits per heavy atom. The third-order valence-electron chi connectivity index (χ3n) is 3.79. The van der Waals surface area contributed by atoms with Crippen molar-refractivity contribution in [2.45, 2.75) is 32.0 Å². The van der Waals surface area contributed by atoms with Gasteiger partial charge in [-0.3, -0.25) is 0 Å². The highest BCUT2D eigenvalue weighted by molar-refractivity contribution is 5.50. The van der Waals surface area contributed by atoms with E-state index in [9.17, 15) is 0 Å². The van der Waals surface area contributed by atoms with Gasteiger partial charge >= 0.3 is 0 Å². The zero-order chi connectivity index (χ0) is 14.4. The first kappa shape index (κ1) is 15.1. The molecule has 0 saturated carbocycles. The van der Waals surface area contributed by atoms with Gasteiger partial charge in [0, 0.05) is 31.9 Å². The van der Waals surface area contributed by atoms with Crippen molar-refractivity contribution in [3.8, 4) is 5.75 Å². The van der Waals surface area contributed by atoms with Crippen LogP contribution in [-0.2, 0) is 4.74 Å². The van der Waals surface area contributed by atoms with Crippen LogP contribution < -0.4 is 15.0 Å². The molecule has 20 heavy (non-hydrogen) atoms. The summed E-state index contributed by atoms with van der Waals surface area (Å²) in [5.41, 5.74) is 1.17. The summed E-state index contributed by atoms with van der Waals surface area (Å²) in [4.78, 5) is 2.24. The lowest BCUT2D eigenvalue weighted by molar-refractivity contribution is 0.0503. The van der Waals surface area contributed by atoms with E-state index in [1.165, 1.54) is 5.69 Å². The third kappa shape index (κ3) is 4.12. The van der Waals surface area contributed by atoms with E-state index in [1.54, 1.807) is 7.11 Å². The highest BCUT2D eigenvalue weighted by Gasteiger charge is 2.25. The molecule has 0 radical (unpaired) electrons. The van der Waals surface area contributed by atoms with Crippen LogP contribution in [0.25, 0.3) is 0 Å². The highest BCUT2D eigenvalue weighted by Crippen LogP contribution is 2.24. The van der Waals surface area contributed by atoms with Gasteiger partial charge in [0.2, 0.25) is 0 Å². The first-order chi connectivity index (χ1) is 9.72. The zero-order valence-electron chi connectivity index (χ0n) is 12.8. The molecule has 0 aromatic heterocycles. The topological polar surface area (TPSA) is 33.7 Å². The molecule has 1 aliphatic heterocycles. The van der Waals surface area contributed by atoms with Crippen molar-refractivity contribution in [2.24, 2.45) is 0 Å². The van der Waals surface area contributed by atoms with E-state index in [1.807, 2.05) is 12.1 Å². The van der Waals surface area contributed by atoms with E-state index in [0.29, 0.717) is 12.2 Å². The molecular formula is C16H26N2O2. The van der Waals surface area contributed by atoms with Gasteiger partial charge in [-0.15, -0.1) is 0 Å². The largest absolute Gasteiger partial charge is 0.497 e. The second-order valence-electron chi connectivity index (χ2n) is 5.35. The Labute approximate surface area is 122 Å². The fraction of sp³-hybridized carbons (Fsp3) is 0.625. The predicted octanol–water partition coefficient (Wildman–Crippen LogP) is 2.29. The Hall–Kier alpha value is -1.26. The molecule has 1 heterocycles. The predicted molar refractivity (Wildman–Crippen MR) is 82.7 cm³/mol. The fourth-order valence-electron chi connectivity index (χ4n) is 2.63. The minimum Gasteiger partial charge on any atom is -0.497 e. The molecule has 1 fully saturated rings. The quantitative estimate of drug-likeness (QED) is 0.830. The lowest BCUT2D eigenvalue weighted by atomic mass is 10.2. The fourth-order valence-corrected chi connectivity index (χ4v) is 2.63. The molecule has 112 valence electrons. The first-order valence-corrected chi connectivity index (χ1v) is 7.44. The summed E-state index contributed by atoms with van der Waals surface area (Å²) >= 11 is 0. The molecule has 2 rings (SSSR count). The number of hydrogen-bond donors (Lipinski definition) is 1. The van der Waals surface area contributed by atoms with Gasteiger partial charge < -0.3 is 19.7 Å². The molecule has 1 aromatic carbocycles. The minimum atomic E-state index is 0.329. The van der Waals surface area contributed by atoms with Crippen LogP contribution in [0.5, 0.6) is 5.75 Å². The van der Waals surface area contributed by atoms with Crippen LogP contribution in [0.4, 0.5) is 5.69 Å². The van der Waals surface area contributed by atoms with E-state index in [-0.39, 0.29) is 0 Å². The summed E-state index contributed by atoms with van der Waals surface area (Å²) in [6.45, 7) is 5.03. The molecule has 2 atom stereocenters. The number of rotatable bonds is 7. The normalized spacial score (nSPS) is 21.9. The van der Waals surface area contributed by atoms with Crippen molar-refractivity contribution in [2.75, 3.05) is 38.7 Å². The standard InChI is InChI=1S/C16H26N2O2/c1-4-17-11-15-8-9-16(20-15)12-18(2)13-6-5-7-14(10-13)19-3/h5-7,10,15-17H,4,8-9,11-12H2,1-3H3. The molecule has 4 heteroatoms. The smallest absolute Gasteiger partial charge is 0.120 e. The summed E-state index contributed by atoms with van der Waals surface area (Å²) in [7, 11) is 3.81. The number of likely N-dealkylation sites (N-methyl/N-ethyl adjacent to an activating group) is 2. The van der Waals surface area contributed by atoms with Crippen LogP contribution in [0.1, 0.15) is 19.8 Å². The molecule has 1 N–H and O–H groups in total. The molecule has 0 bridgehead atoms. The molecule has 2 unspecified atom stereocenters. The number of nitrogens with zero attached hydrogens (tertiary/aromatic N) is 1. The Kier molecular flexibility index (Phi) is 5.68. The molecule has 0 amide bonds. The first-order valence-electron chi connectivity index (χ1n) is 7.44. The molecule has 1 saturated heterocycles. The number of anilines is 1. The second kappa shape index (κ2) is 7.50. The number of ether oxygens (including phenoxy) is 2. The van der Waals surface area contributed by atoms with Crippen LogP contribution >= 0.6 is 0 Å². The van der Waals surface area contributed by atoms with E-state index in [0.717, 1.165) is 38.2 Å². The lowest BCUT2D eigenvalue weighted by Crippen LogP contribution is -2.31. The number of hydrogen-bond acceptors (Lipinski definition) is 4. The van der Waals surface area contributed by atoms with E-state index in [2.05, 4.69) is 36.3 Å². The van der Waals surface area contributed by atoms with E-state index in [4.69, 9.17) is 9.47 Å². The molecule has 0 aliphatic carbocycles. The van der Waals surface area contributed by atoms with Gasteiger partial charge in [0.05, 0.1) is 19.3 Å². The van der Waals surface area contributed by atoms with E-state index >= 15 is 0 Å². The van der Waals surface area contributed by atoms with Gasteiger partial charge in [0.15, 0.2) is 0 Å². The highest BCUT2D eigenvalue weighted by atomic mass is 16.5. The van der Waals surface area contributed by atoms with Crippen molar-refractivity contribution < 1.29 is 9.47 Å². The van der Waals surface area contributed by atoms with Crippen LogP contribution in [0.3, 0.4) is 0 Å². The van der Waals surface area contributed by atoms with Crippen LogP contribution in [-0.4, -0.2) is 46.0 Å². The van der Waals surface area contributed by atoms with Crippen molar-refractivity contribution in [1.29, 1.82) is 0 Å². The molecular weight excluding hydrogens is 252 g/mol. The number of benzene rings is 1. The van der Waals surface area contributed by atoms with Gasteiger partial charge in [0.25, 0.3) is 0 Å². The van der Waals surface area contributed by atoms with Gasteiger partial charge in [-0.2, -0.15) is 0 Å². The Morgan fingerprint density at radius 2 is 2.15 bits per heavy atom. The van der Waals surface area contributed by atoms with E-state index < -0.39 is 0 Å². The lowest BCUT2D eigenvalue weighted by Gasteiger charge is -2.24. The van der Waals surface area contributed by atoms with Gasteiger partial charge in [-0.1, -0.05) is 13.0 Å². The maximum absolute atomic E-state index is 6.08. The maximum atomic E-state index is 6.08. The monoisotopic (exact) mass is 278 g/mol. The van der Waals surface area contributed by atoms with Gasteiger partial charge in [0.1, 0.15) is 5.75 Å². The molecule has 1 aromatic rings. The van der Waals surface area contributed by atoms with Crippen molar-refractivity contribution in [3.63, 3.8) is 0 Å². The third-order valence-corrected chi connectivity index (χ3v) is 3.79. The number of nitrogens with one attached hydrogen (secondary N) is 1. The Bertz CT molecular complexity index is 411. The van der Waals surface area contributed by atoms with Gasteiger partial charge in [-0.25, -0.2) is 0 Å². The molecule has 1 aliphatic rings. The van der Waals surface area contributed by atoms with Crippen LogP contribution in [0.15, 0.2) is 24.3 Å². The summed E-state index contributed by atoms with van der Waals surface area (Å²) in [6, 6.07) is 8.16. The Morgan fingerprint density at radius 1 is 1.35 bits per heavy atom. The van der Waals surface area contributed by atoms with Crippen molar-refractivity contribution >= 4 is 5.69 Å². The Balaban J connectivity index is 1.84. The summed E-state index contributed by atoms with van der Waals surface area (Å²) in [5.74, 6) is 0.895. The zero-order valence-corrected chi connectivity index (χ0v) is 12.8. The minimum absolute atomic E-state index is 0.329. The molecule has 4 nitrogen and oxygen atoms in total. The molecule has 0 spiro atoms. The average Bonchev–Trinajstić information content (AvgIpc) is 2.92. The van der Waals surface area contributed by atoms with Crippen molar-refractivity contribution in [3.05, 3.63) is 24.3 Å². The maximum Gasteiger partial charge on any atom is 0.120 e. The summed E-state index contributed by atoms with van der Waals surface area (Å²) < 4.78 is 11.3. The second-order valence-corrected chi connectivity index (χ2v) is 5.35. The average molecular weight is 278 g/mol. The summed E-state index contributed by atoms with van der Waals surface area (Å²) in [6.07, 6.45) is 3.00. The number of methoxy groups -OCH3 is 1. The summed E-state index contributed by atoms with van der Waals surface area (Å²) in [5, 5.41) is 3.36. The van der Waals surface area contributed by atoms with Crippen LogP contribution in [0, 0.1) is 0 Å².